The summed E-state index contributed by atoms with van der Waals surface area (Å²) in [5.74, 6) is 0.505. The Labute approximate surface area is 92.5 Å². The van der Waals surface area contributed by atoms with Crippen LogP contribution in [0.2, 0.25) is 4.34 Å². The second kappa shape index (κ2) is 4.62. The van der Waals surface area contributed by atoms with Crippen molar-refractivity contribution in [3.63, 3.8) is 0 Å². The van der Waals surface area contributed by atoms with Gasteiger partial charge in [0.05, 0.1) is 10.4 Å². The van der Waals surface area contributed by atoms with Crippen LogP contribution >= 0.6 is 22.9 Å². The Bertz CT molecular complexity index is 294. The lowest BCUT2D eigenvalue weighted by atomic mass is 10.0. The molecule has 1 aromatic heterocycles. The van der Waals surface area contributed by atoms with Gasteiger partial charge >= 0.3 is 0 Å². The van der Waals surface area contributed by atoms with E-state index in [1.807, 2.05) is 12.1 Å². The maximum Gasteiger partial charge on any atom is 0.0932 e. The molecule has 0 bridgehead atoms. The van der Waals surface area contributed by atoms with Crippen molar-refractivity contribution in [2.24, 2.45) is 5.92 Å². The van der Waals surface area contributed by atoms with Gasteiger partial charge in [0.2, 0.25) is 0 Å². The summed E-state index contributed by atoms with van der Waals surface area (Å²) in [5.41, 5.74) is 0. The SMILES string of the molecule is OC(CC1CCOC1)c1ccc(Cl)s1. The smallest absolute Gasteiger partial charge is 0.0932 e. The number of aliphatic hydroxyl groups excluding tert-OH is 1. The van der Waals surface area contributed by atoms with E-state index in [9.17, 15) is 5.11 Å². The minimum Gasteiger partial charge on any atom is -0.388 e. The van der Waals surface area contributed by atoms with Gasteiger partial charge in [-0.05, 0) is 30.9 Å². The second-order valence-electron chi connectivity index (χ2n) is 3.62. The van der Waals surface area contributed by atoms with Crippen LogP contribution in [0.1, 0.15) is 23.8 Å². The molecule has 4 heteroatoms. The van der Waals surface area contributed by atoms with E-state index in [2.05, 4.69) is 0 Å². The summed E-state index contributed by atoms with van der Waals surface area (Å²) in [4.78, 5) is 0.960. The molecule has 2 heterocycles. The summed E-state index contributed by atoms with van der Waals surface area (Å²) in [6.45, 7) is 1.62. The molecule has 0 aliphatic carbocycles. The van der Waals surface area contributed by atoms with E-state index in [4.69, 9.17) is 16.3 Å². The van der Waals surface area contributed by atoms with Crippen LogP contribution in [0.4, 0.5) is 0 Å². The monoisotopic (exact) mass is 232 g/mol. The molecule has 1 aliphatic rings. The summed E-state index contributed by atoms with van der Waals surface area (Å²) in [6, 6.07) is 3.73. The molecular formula is C10H13ClO2S. The third-order valence-electron chi connectivity index (χ3n) is 2.50. The van der Waals surface area contributed by atoms with Gasteiger partial charge in [0.25, 0.3) is 0 Å². The zero-order valence-corrected chi connectivity index (χ0v) is 9.35. The fraction of sp³-hybridized carbons (Fsp3) is 0.600. The predicted molar refractivity (Wildman–Crippen MR) is 57.8 cm³/mol. The third kappa shape index (κ3) is 2.48. The molecule has 14 heavy (non-hydrogen) atoms. The molecule has 1 aliphatic heterocycles. The highest BCUT2D eigenvalue weighted by Gasteiger charge is 2.21. The minimum atomic E-state index is -0.376. The lowest BCUT2D eigenvalue weighted by molar-refractivity contribution is 0.132. The van der Waals surface area contributed by atoms with Crippen LogP contribution in [0.5, 0.6) is 0 Å². The molecule has 1 N–H and O–H groups in total. The van der Waals surface area contributed by atoms with Crippen molar-refractivity contribution >= 4 is 22.9 Å². The maximum absolute atomic E-state index is 9.89. The van der Waals surface area contributed by atoms with Crippen LogP contribution in [0.15, 0.2) is 12.1 Å². The molecule has 1 fully saturated rings. The zero-order chi connectivity index (χ0) is 9.97. The van der Waals surface area contributed by atoms with Crippen molar-refractivity contribution in [2.45, 2.75) is 18.9 Å². The molecule has 2 rings (SSSR count). The first-order valence-corrected chi connectivity index (χ1v) is 5.96. The highest BCUT2D eigenvalue weighted by atomic mass is 35.5. The first-order chi connectivity index (χ1) is 6.75. The van der Waals surface area contributed by atoms with E-state index in [0.29, 0.717) is 5.92 Å². The molecule has 2 unspecified atom stereocenters. The fourth-order valence-corrected chi connectivity index (χ4v) is 2.77. The molecule has 2 nitrogen and oxygen atoms in total. The van der Waals surface area contributed by atoms with E-state index >= 15 is 0 Å². The average molecular weight is 233 g/mol. The van der Waals surface area contributed by atoms with Crippen molar-refractivity contribution in [3.05, 3.63) is 21.3 Å². The quantitative estimate of drug-likeness (QED) is 0.869. The number of hydrogen-bond acceptors (Lipinski definition) is 3. The first-order valence-electron chi connectivity index (χ1n) is 4.77. The fourth-order valence-electron chi connectivity index (χ4n) is 1.71. The van der Waals surface area contributed by atoms with E-state index in [0.717, 1.165) is 35.3 Å². The molecule has 0 radical (unpaired) electrons. The Morgan fingerprint density at radius 3 is 3.07 bits per heavy atom. The average Bonchev–Trinajstić information content (AvgIpc) is 2.75. The molecule has 2 atom stereocenters. The van der Waals surface area contributed by atoms with Gasteiger partial charge in [-0.3, -0.25) is 0 Å². The van der Waals surface area contributed by atoms with Crippen molar-refractivity contribution in [1.82, 2.24) is 0 Å². The topological polar surface area (TPSA) is 29.5 Å². The Morgan fingerprint density at radius 1 is 1.64 bits per heavy atom. The highest BCUT2D eigenvalue weighted by Crippen LogP contribution is 2.32. The number of aliphatic hydroxyl groups is 1. The molecule has 78 valence electrons. The van der Waals surface area contributed by atoms with Crippen LogP contribution < -0.4 is 0 Å². The van der Waals surface area contributed by atoms with Crippen LogP contribution in [0, 0.1) is 5.92 Å². The summed E-state index contributed by atoms with van der Waals surface area (Å²) in [7, 11) is 0. The van der Waals surface area contributed by atoms with Gasteiger partial charge in [0.1, 0.15) is 0 Å². The van der Waals surface area contributed by atoms with E-state index in [1.54, 1.807) is 0 Å². The van der Waals surface area contributed by atoms with Gasteiger partial charge in [-0.2, -0.15) is 0 Å². The molecule has 0 amide bonds. The van der Waals surface area contributed by atoms with Gasteiger partial charge < -0.3 is 9.84 Å². The van der Waals surface area contributed by atoms with E-state index < -0.39 is 0 Å². The number of ether oxygens (including phenoxy) is 1. The van der Waals surface area contributed by atoms with Crippen molar-refractivity contribution in [3.8, 4) is 0 Å². The molecule has 1 aromatic rings. The Kier molecular flexibility index (Phi) is 3.44. The van der Waals surface area contributed by atoms with Gasteiger partial charge in [-0.15, -0.1) is 11.3 Å². The van der Waals surface area contributed by atoms with Crippen LogP contribution in [-0.4, -0.2) is 18.3 Å². The van der Waals surface area contributed by atoms with E-state index in [1.165, 1.54) is 11.3 Å². The lowest BCUT2D eigenvalue weighted by Gasteiger charge is -2.12. The van der Waals surface area contributed by atoms with Gasteiger partial charge in [-0.25, -0.2) is 0 Å². The number of hydrogen-bond donors (Lipinski definition) is 1. The van der Waals surface area contributed by atoms with Crippen LogP contribution in [-0.2, 0) is 4.74 Å². The number of halogens is 1. The summed E-state index contributed by atoms with van der Waals surface area (Å²) in [6.07, 6.45) is 1.48. The maximum atomic E-state index is 9.89. The Hall–Kier alpha value is -0.0900. The number of thiophene rings is 1. The number of rotatable bonds is 3. The first kappa shape index (κ1) is 10.4. The standard InChI is InChI=1S/C10H13ClO2S/c11-10-2-1-9(14-10)8(12)5-7-3-4-13-6-7/h1-2,7-8,12H,3-6H2. The normalized spacial score (nSPS) is 24.0. The Balaban J connectivity index is 1.91. The Morgan fingerprint density at radius 2 is 2.50 bits per heavy atom. The highest BCUT2D eigenvalue weighted by molar-refractivity contribution is 7.16. The summed E-state index contributed by atoms with van der Waals surface area (Å²) < 4.78 is 6.00. The molecule has 0 spiro atoms. The molecule has 0 saturated carbocycles. The summed E-state index contributed by atoms with van der Waals surface area (Å²) in [5, 5.41) is 9.89. The largest absolute Gasteiger partial charge is 0.388 e. The van der Waals surface area contributed by atoms with E-state index in [-0.39, 0.29) is 6.10 Å². The predicted octanol–water partition coefficient (Wildman–Crippen LogP) is 2.86. The van der Waals surface area contributed by atoms with Crippen molar-refractivity contribution < 1.29 is 9.84 Å². The van der Waals surface area contributed by atoms with Gasteiger partial charge in [0.15, 0.2) is 0 Å². The second-order valence-corrected chi connectivity index (χ2v) is 5.37. The zero-order valence-electron chi connectivity index (χ0n) is 7.78. The molecule has 1 saturated heterocycles. The van der Waals surface area contributed by atoms with Crippen molar-refractivity contribution in [1.29, 1.82) is 0 Å². The lowest BCUT2D eigenvalue weighted by Crippen LogP contribution is -2.05. The van der Waals surface area contributed by atoms with Crippen LogP contribution in [0.3, 0.4) is 0 Å². The van der Waals surface area contributed by atoms with Crippen LogP contribution in [0.25, 0.3) is 0 Å². The van der Waals surface area contributed by atoms with Gasteiger partial charge in [0, 0.05) is 18.1 Å². The third-order valence-corrected chi connectivity index (χ3v) is 3.84. The molecule has 0 aromatic carbocycles. The minimum absolute atomic E-state index is 0.376. The molecular weight excluding hydrogens is 220 g/mol. The van der Waals surface area contributed by atoms with Crippen molar-refractivity contribution in [2.75, 3.05) is 13.2 Å². The van der Waals surface area contributed by atoms with Gasteiger partial charge in [-0.1, -0.05) is 11.6 Å². The summed E-state index contributed by atoms with van der Waals surface area (Å²) >= 11 is 7.26.